The zero-order valence-electron chi connectivity index (χ0n) is 12.9. The Morgan fingerprint density at radius 2 is 1.96 bits per heavy atom. The number of benzene rings is 1. The summed E-state index contributed by atoms with van der Waals surface area (Å²) in [5, 5.41) is 0. The molecule has 1 N–H and O–H groups in total. The molecule has 0 fully saturated rings. The minimum Gasteiger partial charge on any atom is -0.344 e. The van der Waals surface area contributed by atoms with Crippen LogP contribution in [-0.4, -0.2) is 38.9 Å². The maximum Gasteiger partial charge on any atom is 0.326 e. The number of rotatable bonds is 5. The van der Waals surface area contributed by atoms with Crippen LogP contribution >= 0.6 is 0 Å². The molecule has 0 saturated heterocycles. The first kappa shape index (κ1) is 15.0. The van der Waals surface area contributed by atoms with Crippen molar-refractivity contribution in [2.45, 2.75) is 13.0 Å². The first-order chi connectivity index (χ1) is 11.1. The zero-order chi connectivity index (χ0) is 16.2. The van der Waals surface area contributed by atoms with Crippen molar-refractivity contribution in [3.63, 3.8) is 0 Å². The van der Waals surface area contributed by atoms with Crippen molar-refractivity contribution in [2.24, 2.45) is 0 Å². The van der Waals surface area contributed by atoms with Gasteiger partial charge >= 0.3 is 5.69 Å². The molecule has 0 aliphatic carbocycles. The number of pyridine rings is 1. The van der Waals surface area contributed by atoms with Crippen molar-refractivity contribution in [3.05, 3.63) is 64.8 Å². The maximum absolute atomic E-state index is 12.4. The number of nitrogens with zero attached hydrogens (tertiary/aromatic N) is 3. The topological polar surface area (TPSA) is 71.0 Å². The second kappa shape index (κ2) is 6.48. The third-order valence-corrected chi connectivity index (χ3v) is 3.89. The Balaban J connectivity index is 1.68. The Bertz CT molecular complexity index is 867. The summed E-state index contributed by atoms with van der Waals surface area (Å²) in [6, 6.07) is 11.2. The van der Waals surface area contributed by atoms with Crippen LogP contribution in [0, 0.1) is 0 Å². The van der Waals surface area contributed by atoms with Crippen molar-refractivity contribution in [2.75, 3.05) is 13.6 Å². The normalized spacial score (nSPS) is 10.8. The van der Waals surface area contributed by atoms with Crippen molar-refractivity contribution in [3.8, 4) is 0 Å². The van der Waals surface area contributed by atoms with E-state index in [0.29, 0.717) is 6.54 Å². The summed E-state index contributed by atoms with van der Waals surface area (Å²) in [5.41, 5.74) is 2.35. The zero-order valence-corrected chi connectivity index (χ0v) is 12.9. The van der Waals surface area contributed by atoms with Crippen molar-refractivity contribution in [1.29, 1.82) is 0 Å². The number of amides is 1. The van der Waals surface area contributed by atoms with Gasteiger partial charge in [0.1, 0.15) is 6.54 Å². The predicted molar refractivity (Wildman–Crippen MR) is 88.1 cm³/mol. The lowest BCUT2D eigenvalue weighted by atomic mass is 10.2. The molecule has 0 aliphatic heterocycles. The fourth-order valence-electron chi connectivity index (χ4n) is 2.49. The van der Waals surface area contributed by atoms with Gasteiger partial charge in [-0.2, -0.15) is 0 Å². The van der Waals surface area contributed by atoms with E-state index < -0.39 is 0 Å². The van der Waals surface area contributed by atoms with E-state index in [1.165, 1.54) is 4.57 Å². The van der Waals surface area contributed by atoms with Crippen molar-refractivity contribution in [1.82, 2.24) is 19.4 Å². The molecule has 23 heavy (non-hydrogen) atoms. The second-order valence-electron chi connectivity index (χ2n) is 5.45. The Hall–Kier alpha value is -2.89. The summed E-state index contributed by atoms with van der Waals surface area (Å²) in [6.07, 6.45) is 4.23. The molecule has 6 heteroatoms. The average Bonchev–Trinajstić information content (AvgIpc) is 2.89. The van der Waals surface area contributed by atoms with Crippen LogP contribution in [0.1, 0.15) is 5.56 Å². The minimum atomic E-state index is -0.262. The summed E-state index contributed by atoms with van der Waals surface area (Å²) < 4.78 is 1.47. The summed E-state index contributed by atoms with van der Waals surface area (Å²) >= 11 is 0. The number of aromatic amines is 1. The minimum absolute atomic E-state index is 0.0374. The molecule has 0 aliphatic rings. The van der Waals surface area contributed by atoms with Gasteiger partial charge in [0.2, 0.25) is 5.91 Å². The molecule has 0 unspecified atom stereocenters. The van der Waals surface area contributed by atoms with Gasteiger partial charge in [0.05, 0.1) is 11.0 Å². The Morgan fingerprint density at radius 3 is 2.74 bits per heavy atom. The number of H-pyrrole nitrogens is 1. The summed E-state index contributed by atoms with van der Waals surface area (Å²) in [7, 11) is 1.75. The summed E-state index contributed by atoms with van der Waals surface area (Å²) in [4.78, 5) is 32.8. The fraction of sp³-hybridized carbons (Fsp3) is 0.235. The maximum atomic E-state index is 12.4. The number of carbonyl (C=O) groups is 1. The van der Waals surface area contributed by atoms with Gasteiger partial charge in [-0.15, -0.1) is 0 Å². The number of hydrogen-bond donors (Lipinski definition) is 1. The highest BCUT2D eigenvalue weighted by molar-refractivity contribution is 5.80. The molecule has 0 radical (unpaired) electrons. The Labute approximate surface area is 133 Å². The lowest BCUT2D eigenvalue weighted by Gasteiger charge is -2.17. The number of fused-ring (bicyclic) bond motifs is 1. The number of para-hydroxylation sites is 2. The monoisotopic (exact) mass is 310 g/mol. The fourth-order valence-corrected chi connectivity index (χ4v) is 2.49. The highest BCUT2D eigenvalue weighted by atomic mass is 16.2. The third kappa shape index (κ3) is 3.31. The molecule has 0 spiro atoms. The molecule has 1 aromatic carbocycles. The molecule has 118 valence electrons. The van der Waals surface area contributed by atoms with Crippen LogP contribution in [0.25, 0.3) is 11.0 Å². The molecule has 3 rings (SSSR count). The highest BCUT2D eigenvalue weighted by Crippen LogP contribution is 2.09. The summed E-state index contributed by atoms with van der Waals surface area (Å²) in [5.74, 6) is -0.0918. The van der Waals surface area contributed by atoms with Gasteiger partial charge in [-0.3, -0.25) is 14.3 Å². The van der Waals surface area contributed by atoms with Crippen molar-refractivity contribution >= 4 is 16.9 Å². The smallest absolute Gasteiger partial charge is 0.326 e. The van der Waals surface area contributed by atoms with Crippen LogP contribution in [0.2, 0.25) is 0 Å². The number of aromatic nitrogens is 3. The van der Waals surface area contributed by atoms with E-state index in [9.17, 15) is 9.59 Å². The van der Waals surface area contributed by atoms with E-state index >= 15 is 0 Å². The lowest BCUT2D eigenvalue weighted by Crippen LogP contribution is -2.34. The van der Waals surface area contributed by atoms with Gasteiger partial charge < -0.3 is 9.88 Å². The standard InChI is InChI=1S/C17H18N4O2/c1-20(11-8-13-6-9-18-10-7-13)16(22)12-21-15-5-3-2-4-14(15)19-17(21)23/h2-7,9-10H,8,11-12H2,1H3,(H,19,23). The molecular formula is C17H18N4O2. The largest absolute Gasteiger partial charge is 0.344 e. The van der Waals surface area contributed by atoms with Gasteiger partial charge in [0.15, 0.2) is 0 Å². The van der Waals surface area contributed by atoms with E-state index in [4.69, 9.17) is 0 Å². The molecule has 2 heterocycles. The molecule has 1 amide bonds. The number of imidazole rings is 1. The lowest BCUT2D eigenvalue weighted by molar-refractivity contribution is -0.130. The first-order valence-electron chi connectivity index (χ1n) is 7.45. The van der Waals surface area contributed by atoms with E-state index in [2.05, 4.69) is 9.97 Å². The van der Waals surface area contributed by atoms with Crippen LogP contribution in [-0.2, 0) is 17.8 Å². The molecule has 3 aromatic rings. The third-order valence-electron chi connectivity index (χ3n) is 3.89. The van der Waals surface area contributed by atoms with Crippen LogP contribution in [0.15, 0.2) is 53.6 Å². The summed E-state index contributed by atoms with van der Waals surface area (Å²) in [6.45, 7) is 0.635. The van der Waals surface area contributed by atoms with E-state index in [0.717, 1.165) is 23.0 Å². The molecule has 0 bridgehead atoms. The molecule has 0 saturated carbocycles. The van der Waals surface area contributed by atoms with E-state index in [1.54, 1.807) is 24.3 Å². The highest BCUT2D eigenvalue weighted by Gasteiger charge is 2.13. The van der Waals surface area contributed by atoms with Gasteiger partial charge in [-0.1, -0.05) is 12.1 Å². The second-order valence-corrected chi connectivity index (χ2v) is 5.45. The average molecular weight is 310 g/mol. The first-order valence-corrected chi connectivity index (χ1v) is 7.45. The quantitative estimate of drug-likeness (QED) is 0.775. The van der Waals surface area contributed by atoms with Gasteiger partial charge in [-0.05, 0) is 36.2 Å². The van der Waals surface area contributed by atoms with Crippen LogP contribution in [0.4, 0.5) is 0 Å². The van der Waals surface area contributed by atoms with Crippen LogP contribution < -0.4 is 5.69 Å². The number of likely N-dealkylation sites (N-methyl/N-ethyl adjacent to an activating group) is 1. The van der Waals surface area contributed by atoms with E-state index in [1.807, 2.05) is 36.4 Å². The van der Waals surface area contributed by atoms with Crippen LogP contribution in [0.5, 0.6) is 0 Å². The van der Waals surface area contributed by atoms with Gasteiger partial charge in [-0.25, -0.2) is 4.79 Å². The van der Waals surface area contributed by atoms with Gasteiger partial charge in [0, 0.05) is 26.0 Å². The number of nitrogens with one attached hydrogen (secondary N) is 1. The number of carbonyl (C=O) groups excluding carboxylic acids is 1. The Kier molecular flexibility index (Phi) is 4.23. The predicted octanol–water partition coefficient (Wildman–Crippen LogP) is 1.43. The van der Waals surface area contributed by atoms with E-state index in [-0.39, 0.29) is 18.1 Å². The SMILES string of the molecule is CN(CCc1ccncc1)C(=O)Cn1c(=O)[nH]c2ccccc21. The molecule has 6 nitrogen and oxygen atoms in total. The van der Waals surface area contributed by atoms with Crippen LogP contribution in [0.3, 0.4) is 0 Å². The molecule has 2 aromatic heterocycles. The number of hydrogen-bond acceptors (Lipinski definition) is 3. The molecule has 0 atom stereocenters. The van der Waals surface area contributed by atoms with Crippen molar-refractivity contribution < 1.29 is 4.79 Å². The molecular weight excluding hydrogens is 292 g/mol. The Morgan fingerprint density at radius 1 is 1.22 bits per heavy atom. The van der Waals surface area contributed by atoms with Gasteiger partial charge in [0.25, 0.3) is 0 Å².